The first kappa shape index (κ1) is 13.7. The van der Waals surface area contributed by atoms with Gasteiger partial charge in [-0.1, -0.05) is 0 Å². The lowest BCUT2D eigenvalue weighted by Crippen LogP contribution is -2.26. The Labute approximate surface area is 112 Å². The van der Waals surface area contributed by atoms with Gasteiger partial charge >= 0.3 is 11.5 Å². The molecule has 0 bridgehead atoms. The van der Waals surface area contributed by atoms with Crippen molar-refractivity contribution in [2.45, 2.75) is 0 Å². The van der Waals surface area contributed by atoms with Crippen LogP contribution in [0.5, 0.6) is 0 Å². The largest absolute Gasteiger partial charge is 0.417 e. The Morgan fingerprint density at radius 1 is 1.40 bits per heavy atom. The molecule has 8 heteroatoms. The van der Waals surface area contributed by atoms with Crippen LogP contribution in [0.2, 0.25) is 0 Å². The van der Waals surface area contributed by atoms with Gasteiger partial charge in [-0.15, -0.1) is 0 Å². The summed E-state index contributed by atoms with van der Waals surface area (Å²) in [5, 5.41) is 12.0. The first-order chi connectivity index (χ1) is 9.43. The van der Waals surface area contributed by atoms with E-state index in [1.165, 1.54) is 38.4 Å². The van der Waals surface area contributed by atoms with Crippen LogP contribution in [0.4, 0.5) is 5.69 Å². The summed E-state index contributed by atoms with van der Waals surface area (Å²) < 4.78 is 4.88. The van der Waals surface area contributed by atoms with E-state index in [1.54, 1.807) is 0 Å². The number of amides is 1. The zero-order chi connectivity index (χ0) is 14.9. The Bertz CT molecular complexity index is 751. The number of hydrogen-bond donors (Lipinski definition) is 0. The van der Waals surface area contributed by atoms with Gasteiger partial charge < -0.3 is 4.42 Å². The average molecular weight is 278 g/mol. The molecule has 0 N–H and O–H groups in total. The molecule has 2 rings (SSSR count). The number of nitro benzene ring substituents is 1. The molecule has 0 saturated heterocycles. The van der Waals surface area contributed by atoms with Crippen LogP contribution in [0.15, 0.2) is 33.5 Å². The predicted molar refractivity (Wildman–Crippen MR) is 68.2 cm³/mol. The van der Waals surface area contributed by atoms with Crippen LogP contribution in [0, 0.1) is 10.1 Å². The number of nitrogens with zero attached hydrogens (tertiary/aromatic N) is 2. The van der Waals surface area contributed by atoms with Crippen LogP contribution in [0.3, 0.4) is 0 Å². The molecule has 0 radical (unpaired) electrons. The molecule has 0 aliphatic carbocycles. The highest BCUT2D eigenvalue weighted by Gasteiger charge is 2.17. The molecule has 1 aromatic heterocycles. The fourth-order valence-corrected chi connectivity index (χ4v) is 1.64. The smallest absolute Gasteiger partial charge is 0.344 e. The second-order valence-electron chi connectivity index (χ2n) is 3.91. The van der Waals surface area contributed by atoms with Crippen molar-refractivity contribution in [3.8, 4) is 0 Å². The van der Waals surface area contributed by atoms with E-state index in [9.17, 15) is 19.7 Å². The van der Waals surface area contributed by atoms with Crippen LogP contribution in [0.1, 0.15) is 10.6 Å². The molecule has 2 aromatic rings. The minimum absolute atomic E-state index is 0.159. The lowest BCUT2D eigenvalue weighted by atomic mass is 10.1. The fraction of sp³-hybridized carbons (Fsp3) is 0.167. The lowest BCUT2D eigenvalue weighted by Gasteiger charge is -2.12. The van der Waals surface area contributed by atoms with E-state index in [0.717, 1.165) is 5.06 Å². The van der Waals surface area contributed by atoms with Gasteiger partial charge in [-0.3, -0.25) is 19.7 Å². The van der Waals surface area contributed by atoms with Gasteiger partial charge in [0.25, 0.3) is 5.69 Å². The molecule has 8 nitrogen and oxygen atoms in total. The topological polar surface area (TPSA) is 103 Å². The minimum Gasteiger partial charge on any atom is -0.417 e. The van der Waals surface area contributed by atoms with E-state index >= 15 is 0 Å². The number of fused-ring (bicyclic) bond motifs is 1. The van der Waals surface area contributed by atoms with Crippen molar-refractivity contribution in [1.29, 1.82) is 0 Å². The second-order valence-corrected chi connectivity index (χ2v) is 3.91. The molecule has 0 saturated carbocycles. The number of carbonyl (C=O) groups is 1. The number of non-ortho nitro benzene ring substituents is 1. The third-order valence-electron chi connectivity index (χ3n) is 2.73. The van der Waals surface area contributed by atoms with Crippen LogP contribution < -0.4 is 5.63 Å². The Morgan fingerprint density at radius 2 is 2.10 bits per heavy atom. The maximum atomic E-state index is 11.8. The van der Waals surface area contributed by atoms with Crippen LogP contribution in [0.25, 0.3) is 10.8 Å². The van der Waals surface area contributed by atoms with Crippen molar-refractivity contribution >= 4 is 22.4 Å². The van der Waals surface area contributed by atoms with Crippen molar-refractivity contribution in [3.63, 3.8) is 0 Å². The summed E-state index contributed by atoms with van der Waals surface area (Å²) in [5.74, 6) is -0.926. The zero-order valence-corrected chi connectivity index (χ0v) is 10.7. The quantitative estimate of drug-likeness (QED) is 0.619. The highest BCUT2D eigenvalue weighted by Crippen LogP contribution is 2.20. The van der Waals surface area contributed by atoms with Gasteiger partial charge in [0, 0.05) is 19.2 Å². The average Bonchev–Trinajstić information content (AvgIpc) is 2.44. The SMILES string of the molecule is CON(C)C(=O)c1cc2cc([N+](=O)[O-])ccc2c(=O)o1. The van der Waals surface area contributed by atoms with Crippen molar-refractivity contribution in [2.75, 3.05) is 14.2 Å². The van der Waals surface area contributed by atoms with Crippen molar-refractivity contribution < 1.29 is 19.0 Å². The van der Waals surface area contributed by atoms with Crippen molar-refractivity contribution in [3.05, 3.63) is 50.6 Å². The monoisotopic (exact) mass is 278 g/mol. The van der Waals surface area contributed by atoms with E-state index in [4.69, 9.17) is 9.25 Å². The van der Waals surface area contributed by atoms with Gasteiger partial charge in [-0.2, -0.15) is 0 Å². The maximum absolute atomic E-state index is 11.8. The predicted octanol–water partition coefficient (Wildman–Crippen LogP) is 1.33. The molecule has 20 heavy (non-hydrogen) atoms. The minimum atomic E-state index is -0.745. The summed E-state index contributed by atoms with van der Waals surface area (Å²) >= 11 is 0. The van der Waals surface area contributed by atoms with Gasteiger partial charge in [-0.05, 0) is 17.5 Å². The number of nitro groups is 1. The lowest BCUT2D eigenvalue weighted by molar-refractivity contribution is -0.384. The van der Waals surface area contributed by atoms with Crippen molar-refractivity contribution in [2.24, 2.45) is 0 Å². The van der Waals surface area contributed by atoms with Gasteiger partial charge in [0.1, 0.15) is 0 Å². The van der Waals surface area contributed by atoms with Crippen LogP contribution in [-0.2, 0) is 4.84 Å². The number of benzene rings is 1. The molecule has 0 aliphatic heterocycles. The number of hydrogen-bond acceptors (Lipinski definition) is 6. The Balaban J connectivity index is 2.63. The zero-order valence-electron chi connectivity index (χ0n) is 10.7. The standard InChI is InChI=1S/C12H10N2O6/c1-13(19-2)11(15)10-6-7-5-8(14(17)18)3-4-9(7)12(16)20-10/h3-6H,1-2H3. The Kier molecular flexibility index (Phi) is 3.49. The summed E-state index contributed by atoms with van der Waals surface area (Å²) in [6.45, 7) is 0. The van der Waals surface area contributed by atoms with Gasteiger partial charge in [0.05, 0.1) is 17.4 Å². The van der Waals surface area contributed by atoms with E-state index in [-0.39, 0.29) is 22.2 Å². The summed E-state index contributed by atoms with van der Waals surface area (Å²) in [6.07, 6.45) is 0. The molecule has 104 valence electrons. The molecule has 1 aromatic carbocycles. The summed E-state index contributed by atoms with van der Waals surface area (Å²) in [7, 11) is 2.63. The molecule has 0 atom stereocenters. The van der Waals surface area contributed by atoms with E-state index in [2.05, 4.69) is 0 Å². The van der Waals surface area contributed by atoms with Gasteiger partial charge in [0.2, 0.25) is 0 Å². The highest BCUT2D eigenvalue weighted by molar-refractivity contribution is 5.95. The Hall–Kier alpha value is -2.74. The molecule has 0 aliphatic rings. The molecule has 0 unspecified atom stereocenters. The van der Waals surface area contributed by atoms with Crippen molar-refractivity contribution in [1.82, 2.24) is 5.06 Å². The third kappa shape index (κ3) is 2.36. The first-order valence-electron chi connectivity index (χ1n) is 5.48. The normalized spacial score (nSPS) is 10.5. The molecule has 1 heterocycles. The second kappa shape index (κ2) is 5.10. The first-order valence-corrected chi connectivity index (χ1v) is 5.48. The Morgan fingerprint density at radius 3 is 2.70 bits per heavy atom. The molecule has 0 fully saturated rings. The van der Waals surface area contributed by atoms with Crippen LogP contribution in [-0.4, -0.2) is 30.1 Å². The van der Waals surface area contributed by atoms with E-state index < -0.39 is 16.5 Å². The number of carbonyl (C=O) groups excluding carboxylic acids is 1. The molecule has 1 amide bonds. The summed E-state index contributed by atoms with van der Waals surface area (Å²) in [6, 6.07) is 4.95. The van der Waals surface area contributed by atoms with Crippen LogP contribution >= 0.6 is 0 Å². The highest BCUT2D eigenvalue weighted by atomic mass is 16.7. The van der Waals surface area contributed by atoms with E-state index in [0.29, 0.717) is 0 Å². The molecule has 0 spiro atoms. The number of rotatable bonds is 3. The maximum Gasteiger partial charge on any atom is 0.344 e. The molecular formula is C12H10N2O6. The third-order valence-corrected chi connectivity index (χ3v) is 2.73. The summed E-state index contributed by atoms with van der Waals surface area (Å²) in [5.41, 5.74) is -0.924. The number of hydroxylamine groups is 2. The van der Waals surface area contributed by atoms with Gasteiger partial charge in [-0.25, -0.2) is 9.86 Å². The molecular weight excluding hydrogens is 268 g/mol. The fourth-order valence-electron chi connectivity index (χ4n) is 1.64. The summed E-state index contributed by atoms with van der Waals surface area (Å²) in [4.78, 5) is 38.4. The van der Waals surface area contributed by atoms with E-state index in [1.807, 2.05) is 0 Å². The van der Waals surface area contributed by atoms with Gasteiger partial charge in [0.15, 0.2) is 5.76 Å².